The molecule has 0 spiro atoms. The normalized spacial score (nSPS) is 15.4. The third-order valence-electron chi connectivity index (χ3n) is 3.25. The molecule has 0 saturated heterocycles. The molecule has 1 rings (SSSR count). The second-order valence-corrected chi connectivity index (χ2v) is 4.54. The van der Waals surface area contributed by atoms with Crippen LogP contribution in [-0.4, -0.2) is 34.1 Å². The molecule has 0 bridgehead atoms. The van der Waals surface area contributed by atoms with Crippen molar-refractivity contribution in [2.24, 2.45) is 5.73 Å². The zero-order chi connectivity index (χ0) is 12.1. The highest BCUT2D eigenvalue weighted by Gasteiger charge is 2.09. The Kier molecular flexibility index (Phi) is 4.96. The third-order valence-corrected chi connectivity index (χ3v) is 3.25. The molecule has 0 fully saturated rings. The SMILES string of the molecule is CCC(C)N(C)CCn1cncc1[C@@H](C)N. The minimum Gasteiger partial charge on any atom is -0.332 e. The first-order valence-corrected chi connectivity index (χ1v) is 6.02. The molecule has 1 heterocycles. The molecule has 2 N–H and O–H groups in total. The van der Waals surface area contributed by atoms with E-state index < -0.39 is 0 Å². The summed E-state index contributed by atoms with van der Waals surface area (Å²) < 4.78 is 2.14. The lowest BCUT2D eigenvalue weighted by molar-refractivity contribution is 0.241. The third kappa shape index (κ3) is 3.32. The molecule has 1 aromatic heterocycles. The average molecular weight is 224 g/mol. The summed E-state index contributed by atoms with van der Waals surface area (Å²) in [6.45, 7) is 8.45. The summed E-state index contributed by atoms with van der Waals surface area (Å²) in [6, 6.07) is 0.679. The Labute approximate surface area is 98.5 Å². The van der Waals surface area contributed by atoms with E-state index in [9.17, 15) is 0 Å². The van der Waals surface area contributed by atoms with Crippen LogP contribution in [0.15, 0.2) is 12.5 Å². The number of hydrogen-bond donors (Lipinski definition) is 1. The summed E-state index contributed by atoms with van der Waals surface area (Å²) in [6.07, 6.45) is 4.90. The van der Waals surface area contributed by atoms with Gasteiger partial charge in [-0.3, -0.25) is 0 Å². The van der Waals surface area contributed by atoms with Crippen molar-refractivity contribution in [3.8, 4) is 0 Å². The zero-order valence-electron chi connectivity index (χ0n) is 10.8. The van der Waals surface area contributed by atoms with E-state index in [1.54, 1.807) is 0 Å². The van der Waals surface area contributed by atoms with Crippen molar-refractivity contribution >= 4 is 0 Å². The molecule has 0 aliphatic heterocycles. The van der Waals surface area contributed by atoms with Gasteiger partial charge in [0.2, 0.25) is 0 Å². The largest absolute Gasteiger partial charge is 0.332 e. The molecule has 92 valence electrons. The Balaban J connectivity index is 2.51. The summed E-state index contributed by atoms with van der Waals surface area (Å²) in [5.74, 6) is 0. The first-order chi connectivity index (χ1) is 7.56. The molecular weight excluding hydrogens is 200 g/mol. The van der Waals surface area contributed by atoms with E-state index >= 15 is 0 Å². The predicted molar refractivity (Wildman–Crippen MR) is 67.2 cm³/mol. The molecule has 0 aromatic carbocycles. The number of imidazole rings is 1. The van der Waals surface area contributed by atoms with Crippen molar-refractivity contribution in [2.45, 2.75) is 45.8 Å². The number of likely N-dealkylation sites (N-methyl/N-ethyl adjacent to an activating group) is 1. The lowest BCUT2D eigenvalue weighted by Gasteiger charge is -2.24. The van der Waals surface area contributed by atoms with Crippen LogP contribution in [-0.2, 0) is 6.54 Å². The smallest absolute Gasteiger partial charge is 0.0949 e. The summed E-state index contributed by atoms with van der Waals surface area (Å²) in [5.41, 5.74) is 6.99. The lowest BCUT2D eigenvalue weighted by Crippen LogP contribution is -2.31. The van der Waals surface area contributed by atoms with E-state index in [0.29, 0.717) is 6.04 Å². The van der Waals surface area contributed by atoms with Gasteiger partial charge in [-0.05, 0) is 27.3 Å². The Morgan fingerprint density at radius 1 is 1.50 bits per heavy atom. The van der Waals surface area contributed by atoms with Crippen molar-refractivity contribution < 1.29 is 0 Å². The molecule has 0 radical (unpaired) electrons. The minimum atomic E-state index is 0.0522. The summed E-state index contributed by atoms with van der Waals surface area (Å²) in [4.78, 5) is 6.52. The van der Waals surface area contributed by atoms with Crippen molar-refractivity contribution in [3.05, 3.63) is 18.2 Å². The van der Waals surface area contributed by atoms with Crippen molar-refractivity contribution in [1.29, 1.82) is 0 Å². The Morgan fingerprint density at radius 3 is 2.75 bits per heavy atom. The number of rotatable bonds is 6. The number of nitrogens with two attached hydrogens (primary N) is 1. The van der Waals surface area contributed by atoms with Gasteiger partial charge in [-0.2, -0.15) is 0 Å². The number of nitrogens with zero attached hydrogens (tertiary/aromatic N) is 3. The molecule has 4 heteroatoms. The Hall–Kier alpha value is -0.870. The second-order valence-electron chi connectivity index (χ2n) is 4.54. The fourth-order valence-corrected chi connectivity index (χ4v) is 1.69. The van der Waals surface area contributed by atoms with Gasteiger partial charge in [0.15, 0.2) is 0 Å². The molecular formula is C12H24N4. The molecule has 16 heavy (non-hydrogen) atoms. The maximum atomic E-state index is 5.88. The van der Waals surface area contributed by atoms with Gasteiger partial charge in [0, 0.05) is 31.4 Å². The van der Waals surface area contributed by atoms with Crippen LogP contribution in [0.5, 0.6) is 0 Å². The molecule has 0 amide bonds. The van der Waals surface area contributed by atoms with Crippen LogP contribution >= 0.6 is 0 Å². The van der Waals surface area contributed by atoms with Crippen molar-refractivity contribution in [1.82, 2.24) is 14.5 Å². The van der Waals surface area contributed by atoms with Crippen molar-refractivity contribution in [3.63, 3.8) is 0 Å². The quantitative estimate of drug-likeness (QED) is 0.799. The molecule has 1 unspecified atom stereocenters. The lowest BCUT2D eigenvalue weighted by atomic mass is 10.2. The van der Waals surface area contributed by atoms with E-state index in [-0.39, 0.29) is 6.04 Å². The monoisotopic (exact) mass is 224 g/mol. The van der Waals surface area contributed by atoms with Gasteiger partial charge in [-0.1, -0.05) is 6.92 Å². The van der Waals surface area contributed by atoms with Crippen LogP contribution in [0.4, 0.5) is 0 Å². The fraction of sp³-hybridized carbons (Fsp3) is 0.750. The van der Waals surface area contributed by atoms with Gasteiger partial charge in [0.1, 0.15) is 0 Å². The van der Waals surface area contributed by atoms with E-state index in [0.717, 1.165) is 18.8 Å². The van der Waals surface area contributed by atoms with Crippen LogP contribution in [0.2, 0.25) is 0 Å². The number of aromatic nitrogens is 2. The van der Waals surface area contributed by atoms with E-state index in [1.165, 1.54) is 6.42 Å². The average Bonchev–Trinajstić information content (AvgIpc) is 2.72. The van der Waals surface area contributed by atoms with Gasteiger partial charge in [0.05, 0.1) is 12.0 Å². The molecule has 1 aromatic rings. The van der Waals surface area contributed by atoms with E-state index in [4.69, 9.17) is 5.73 Å². The predicted octanol–water partition coefficient (Wildman–Crippen LogP) is 1.63. The van der Waals surface area contributed by atoms with Gasteiger partial charge in [0.25, 0.3) is 0 Å². The number of hydrogen-bond acceptors (Lipinski definition) is 3. The highest BCUT2D eigenvalue weighted by atomic mass is 15.2. The Morgan fingerprint density at radius 2 is 2.19 bits per heavy atom. The topological polar surface area (TPSA) is 47.1 Å². The van der Waals surface area contributed by atoms with Crippen LogP contribution in [0.1, 0.15) is 38.9 Å². The first kappa shape index (κ1) is 13.2. The zero-order valence-corrected chi connectivity index (χ0v) is 10.8. The van der Waals surface area contributed by atoms with Crippen LogP contribution in [0.3, 0.4) is 0 Å². The van der Waals surface area contributed by atoms with E-state index in [2.05, 4.69) is 35.3 Å². The second kappa shape index (κ2) is 6.01. The van der Waals surface area contributed by atoms with Crippen LogP contribution in [0, 0.1) is 0 Å². The highest BCUT2D eigenvalue weighted by molar-refractivity contribution is 5.03. The fourth-order valence-electron chi connectivity index (χ4n) is 1.69. The van der Waals surface area contributed by atoms with Gasteiger partial charge in [-0.25, -0.2) is 4.98 Å². The maximum Gasteiger partial charge on any atom is 0.0949 e. The maximum absolute atomic E-state index is 5.88. The first-order valence-electron chi connectivity index (χ1n) is 6.02. The summed E-state index contributed by atoms with van der Waals surface area (Å²) in [7, 11) is 2.16. The van der Waals surface area contributed by atoms with Crippen molar-refractivity contribution in [2.75, 3.05) is 13.6 Å². The minimum absolute atomic E-state index is 0.0522. The van der Waals surface area contributed by atoms with E-state index in [1.807, 2.05) is 19.4 Å². The molecule has 4 nitrogen and oxygen atoms in total. The molecule has 0 aliphatic rings. The standard InChI is InChI=1S/C12H24N4/c1-5-10(2)15(4)6-7-16-9-14-8-12(16)11(3)13/h8-11H,5-7,13H2,1-4H3/t10?,11-/m1/s1. The molecule has 0 aliphatic carbocycles. The van der Waals surface area contributed by atoms with Crippen LogP contribution < -0.4 is 5.73 Å². The Bertz CT molecular complexity index is 306. The highest BCUT2D eigenvalue weighted by Crippen LogP contribution is 2.09. The molecule has 0 saturated carbocycles. The van der Waals surface area contributed by atoms with Crippen LogP contribution in [0.25, 0.3) is 0 Å². The molecule has 2 atom stereocenters. The summed E-state index contributed by atoms with van der Waals surface area (Å²) in [5, 5.41) is 0. The van der Waals surface area contributed by atoms with Gasteiger partial charge < -0.3 is 15.2 Å². The summed E-state index contributed by atoms with van der Waals surface area (Å²) >= 11 is 0. The van der Waals surface area contributed by atoms with Gasteiger partial charge in [-0.15, -0.1) is 0 Å². The van der Waals surface area contributed by atoms with Gasteiger partial charge >= 0.3 is 0 Å².